The number of amides is 1. The van der Waals surface area contributed by atoms with Gasteiger partial charge in [-0.15, -0.1) is 0 Å². The SMILES string of the molecule is CCO[C@H]1CCOC2(C1)CN(C(=O)Cc1ccccc1F)C2. The van der Waals surface area contributed by atoms with E-state index in [0.29, 0.717) is 31.9 Å². The third kappa shape index (κ3) is 3.15. The summed E-state index contributed by atoms with van der Waals surface area (Å²) in [7, 11) is 0. The number of likely N-dealkylation sites (tertiary alicyclic amines) is 1. The number of rotatable bonds is 4. The van der Waals surface area contributed by atoms with Crippen LogP contribution >= 0.6 is 0 Å². The van der Waals surface area contributed by atoms with Crippen LogP contribution in [0.4, 0.5) is 4.39 Å². The number of ether oxygens (including phenoxy) is 2. The first kappa shape index (κ1) is 15.4. The second-order valence-corrected chi connectivity index (χ2v) is 6.12. The molecule has 4 nitrogen and oxygen atoms in total. The van der Waals surface area contributed by atoms with Gasteiger partial charge in [-0.05, 0) is 25.0 Å². The summed E-state index contributed by atoms with van der Waals surface area (Å²) in [6.07, 6.45) is 2.09. The van der Waals surface area contributed by atoms with Crippen molar-refractivity contribution in [3.05, 3.63) is 35.6 Å². The molecule has 0 aromatic heterocycles. The fourth-order valence-electron chi connectivity index (χ4n) is 3.32. The summed E-state index contributed by atoms with van der Waals surface area (Å²) in [5, 5.41) is 0. The van der Waals surface area contributed by atoms with Crippen LogP contribution in [0.5, 0.6) is 0 Å². The van der Waals surface area contributed by atoms with Crippen molar-refractivity contribution in [3.63, 3.8) is 0 Å². The molecule has 1 atom stereocenters. The number of halogens is 1. The van der Waals surface area contributed by atoms with Gasteiger partial charge in [-0.3, -0.25) is 4.79 Å². The number of hydrogen-bond donors (Lipinski definition) is 0. The van der Waals surface area contributed by atoms with Crippen molar-refractivity contribution in [2.24, 2.45) is 0 Å². The molecular formula is C17H22FNO3. The van der Waals surface area contributed by atoms with Gasteiger partial charge < -0.3 is 14.4 Å². The average Bonchev–Trinajstić information content (AvgIpc) is 2.47. The zero-order chi connectivity index (χ0) is 15.6. The Balaban J connectivity index is 1.54. The van der Waals surface area contributed by atoms with E-state index in [1.165, 1.54) is 6.07 Å². The molecule has 0 aliphatic carbocycles. The van der Waals surface area contributed by atoms with Crippen molar-refractivity contribution < 1.29 is 18.7 Å². The van der Waals surface area contributed by atoms with E-state index in [4.69, 9.17) is 9.47 Å². The van der Waals surface area contributed by atoms with Crippen molar-refractivity contribution >= 4 is 5.91 Å². The molecular weight excluding hydrogens is 285 g/mol. The van der Waals surface area contributed by atoms with E-state index >= 15 is 0 Å². The number of benzene rings is 1. The quantitative estimate of drug-likeness (QED) is 0.856. The van der Waals surface area contributed by atoms with Gasteiger partial charge in [0.05, 0.1) is 25.6 Å². The summed E-state index contributed by atoms with van der Waals surface area (Å²) in [6, 6.07) is 6.42. The van der Waals surface area contributed by atoms with Crippen LogP contribution in [-0.4, -0.2) is 48.8 Å². The van der Waals surface area contributed by atoms with Crippen molar-refractivity contribution in [3.8, 4) is 0 Å². The van der Waals surface area contributed by atoms with Gasteiger partial charge in [0.25, 0.3) is 0 Å². The van der Waals surface area contributed by atoms with Crippen LogP contribution in [0.25, 0.3) is 0 Å². The van der Waals surface area contributed by atoms with E-state index in [0.717, 1.165) is 12.8 Å². The van der Waals surface area contributed by atoms with Gasteiger partial charge in [0.15, 0.2) is 0 Å². The average molecular weight is 307 g/mol. The third-order valence-electron chi connectivity index (χ3n) is 4.46. The molecule has 2 heterocycles. The molecule has 2 saturated heterocycles. The molecule has 0 bridgehead atoms. The van der Waals surface area contributed by atoms with E-state index in [2.05, 4.69) is 0 Å². The van der Waals surface area contributed by atoms with Crippen molar-refractivity contribution in [1.29, 1.82) is 0 Å². The standard InChI is InChI=1S/C17H22FNO3/c1-2-21-14-7-8-22-17(10-14)11-19(12-17)16(20)9-13-5-3-4-6-15(13)18/h3-6,14H,2,7-12H2,1H3/t14-/m0/s1. The minimum Gasteiger partial charge on any atom is -0.378 e. The summed E-state index contributed by atoms with van der Waals surface area (Å²) in [4.78, 5) is 14.0. The monoisotopic (exact) mass is 307 g/mol. The summed E-state index contributed by atoms with van der Waals surface area (Å²) >= 11 is 0. The van der Waals surface area contributed by atoms with Crippen LogP contribution in [0.1, 0.15) is 25.3 Å². The van der Waals surface area contributed by atoms with Gasteiger partial charge in [-0.2, -0.15) is 0 Å². The van der Waals surface area contributed by atoms with E-state index in [9.17, 15) is 9.18 Å². The minimum absolute atomic E-state index is 0.0436. The molecule has 1 aromatic carbocycles. The summed E-state index contributed by atoms with van der Waals surface area (Å²) < 4.78 is 25.2. The van der Waals surface area contributed by atoms with E-state index in [1.54, 1.807) is 23.1 Å². The van der Waals surface area contributed by atoms with Gasteiger partial charge in [0.1, 0.15) is 11.4 Å². The Bertz CT molecular complexity index is 540. The van der Waals surface area contributed by atoms with E-state index in [-0.39, 0.29) is 29.9 Å². The van der Waals surface area contributed by atoms with Gasteiger partial charge >= 0.3 is 0 Å². The first-order valence-electron chi connectivity index (χ1n) is 7.89. The highest BCUT2D eigenvalue weighted by molar-refractivity contribution is 5.80. The van der Waals surface area contributed by atoms with Crippen LogP contribution < -0.4 is 0 Å². The summed E-state index contributed by atoms with van der Waals surface area (Å²) in [6.45, 7) is 4.55. The van der Waals surface area contributed by atoms with Crippen LogP contribution in [0, 0.1) is 5.82 Å². The second kappa shape index (κ2) is 6.34. The van der Waals surface area contributed by atoms with E-state index in [1.807, 2.05) is 6.92 Å². The maximum atomic E-state index is 13.6. The highest BCUT2D eigenvalue weighted by Gasteiger charge is 2.49. The normalized spacial score (nSPS) is 23.4. The fourth-order valence-corrected chi connectivity index (χ4v) is 3.32. The van der Waals surface area contributed by atoms with Crippen molar-refractivity contribution in [2.75, 3.05) is 26.3 Å². The number of carbonyl (C=O) groups is 1. The highest BCUT2D eigenvalue weighted by atomic mass is 19.1. The fraction of sp³-hybridized carbons (Fsp3) is 0.588. The predicted molar refractivity (Wildman–Crippen MR) is 80.0 cm³/mol. The molecule has 3 rings (SSSR count). The topological polar surface area (TPSA) is 38.8 Å². The smallest absolute Gasteiger partial charge is 0.227 e. The third-order valence-corrected chi connectivity index (χ3v) is 4.46. The molecule has 2 aliphatic rings. The van der Waals surface area contributed by atoms with Crippen molar-refractivity contribution in [2.45, 2.75) is 37.9 Å². The number of nitrogens with zero attached hydrogens (tertiary/aromatic N) is 1. The Labute approximate surface area is 130 Å². The highest BCUT2D eigenvalue weighted by Crippen LogP contribution is 2.35. The lowest BCUT2D eigenvalue weighted by atomic mass is 9.84. The van der Waals surface area contributed by atoms with Crippen LogP contribution in [-0.2, 0) is 20.7 Å². The Hall–Kier alpha value is -1.46. The molecule has 2 aliphatic heterocycles. The molecule has 0 N–H and O–H groups in total. The lowest BCUT2D eigenvalue weighted by molar-refractivity contribution is -0.200. The maximum Gasteiger partial charge on any atom is 0.227 e. The lowest BCUT2D eigenvalue weighted by Crippen LogP contribution is -2.67. The van der Waals surface area contributed by atoms with Crippen LogP contribution in [0.3, 0.4) is 0 Å². The first-order chi connectivity index (χ1) is 10.6. The number of hydrogen-bond acceptors (Lipinski definition) is 3. The Morgan fingerprint density at radius 1 is 1.45 bits per heavy atom. The van der Waals surface area contributed by atoms with Gasteiger partial charge in [0.2, 0.25) is 5.91 Å². The summed E-state index contributed by atoms with van der Waals surface area (Å²) in [5.74, 6) is -0.366. The Morgan fingerprint density at radius 2 is 2.23 bits per heavy atom. The second-order valence-electron chi connectivity index (χ2n) is 6.12. The molecule has 1 amide bonds. The van der Waals surface area contributed by atoms with E-state index < -0.39 is 0 Å². The molecule has 1 aromatic rings. The van der Waals surface area contributed by atoms with Gasteiger partial charge in [0, 0.05) is 19.6 Å². The van der Waals surface area contributed by atoms with Gasteiger partial charge in [-0.25, -0.2) is 4.39 Å². The van der Waals surface area contributed by atoms with Crippen molar-refractivity contribution in [1.82, 2.24) is 4.90 Å². The van der Waals surface area contributed by atoms with Gasteiger partial charge in [-0.1, -0.05) is 18.2 Å². The Morgan fingerprint density at radius 3 is 2.95 bits per heavy atom. The molecule has 5 heteroatoms. The predicted octanol–water partition coefficient (Wildman–Crippen LogP) is 2.16. The maximum absolute atomic E-state index is 13.6. The lowest BCUT2D eigenvalue weighted by Gasteiger charge is -2.53. The minimum atomic E-state index is -0.323. The molecule has 0 saturated carbocycles. The molecule has 22 heavy (non-hydrogen) atoms. The largest absolute Gasteiger partial charge is 0.378 e. The molecule has 2 fully saturated rings. The number of carbonyl (C=O) groups excluding carboxylic acids is 1. The molecule has 0 unspecified atom stereocenters. The van der Waals surface area contributed by atoms with Crippen LogP contribution in [0.15, 0.2) is 24.3 Å². The summed E-state index contributed by atoms with van der Waals surface area (Å²) in [5.41, 5.74) is 0.202. The Kier molecular flexibility index (Phi) is 4.45. The molecule has 1 spiro atoms. The zero-order valence-corrected chi connectivity index (χ0v) is 12.9. The molecule has 120 valence electrons. The first-order valence-corrected chi connectivity index (χ1v) is 7.89. The molecule has 0 radical (unpaired) electrons. The zero-order valence-electron chi connectivity index (χ0n) is 12.9. The van der Waals surface area contributed by atoms with Crippen LogP contribution in [0.2, 0.25) is 0 Å².